The molecule has 26 heavy (non-hydrogen) atoms. The van der Waals surface area contributed by atoms with Gasteiger partial charge in [0.05, 0.1) is 10.3 Å². The Labute approximate surface area is 163 Å². The maximum absolute atomic E-state index is 12.4. The molecule has 1 unspecified atom stereocenters. The van der Waals surface area contributed by atoms with Crippen molar-refractivity contribution >= 4 is 45.0 Å². The van der Waals surface area contributed by atoms with Crippen molar-refractivity contribution in [1.29, 1.82) is 0 Å². The third-order valence-corrected chi connectivity index (χ3v) is 6.70. The molecule has 1 aromatic heterocycles. The van der Waals surface area contributed by atoms with Gasteiger partial charge in [-0.15, -0.1) is 0 Å². The van der Waals surface area contributed by atoms with Crippen molar-refractivity contribution in [2.75, 3.05) is 19.4 Å². The number of carbonyl (C=O) groups is 1. The standard InChI is InChI=1S/C17H20ClN3O3S2/c1-11-5-6-13(18)9-15(11)20-17(22)12(2)25-16-8-7-14(10-19-16)26(23,24)21(3)4/h5-10,12H,1-4H3,(H,20,22). The number of hydrogen-bond donors (Lipinski definition) is 1. The van der Waals surface area contributed by atoms with Crippen LogP contribution in [0.3, 0.4) is 0 Å². The van der Waals surface area contributed by atoms with Gasteiger partial charge in [-0.1, -0.05) is 29.4 Å². The van der Waals surface area contributed by atoms with E-state index < -0.39 is 15.3 Å². The zero-order chi connectivity index (χ0) is 19.5. The lowest BCUT2D eigenvalue weighted by atomic mass is 10.2. The highest BCUT2D eigenvalue weighted by atomic mass is 35.5. The third-order valence-electron chi connectivity index (χ3n) is 3.61. The molecule has 9 heteroatoms. The molecule has 1 aromatic carbocycles. The molecule has 1 atom stereocenters. The molecule has 2 aromatic rings. The topological polar surface area (TPSA) is 79.4 Å². The molecule has 0 fully saturated rings. The Morgan fingerprint density at radius 2 is 1.96 bits per heavy atom. The van der Waals surface area contributed by atoms with Crippen LogP contribution in [0.2, 0.25) is 5.02 Å². The van der Waals surface area contributed by atoms with Gasteiger partial charge in [0, 0.05) is 31.0 Å². The van der Waals surface area contributed by atoms with Crippen LogP contribution in [0, 0.1) is 6.92 Å². The number of carbonyl (C=O) groups excluding carboxylic acids is 1. The summed E-state index contributed by atoms with van der Waals surface area (Å²) in [5.41, 5.74) is 1.58. The normalized spacial score (nSPS) is 12.8. The number of rotatable bonds is 6. The Balaban J connectivity index is 2.06. The first kappa shape index (κ1) is 20.7. The number of sulfonamides is 1. The number of benzene rings is 1. The number of amides is 1. The predicted octanol–water partition coefficient (Wildman–Crippen LogP) is 3.41. The molecule has 6 nitrogen and oxygen atoms in total. The van der Waals surface area contributed by atoms with Gasteiger partial charge in [-0.3, -0.25) is 4.79 Å². The average Bonchev–Trinajstić information content (AvgIpc) is 2.58. The monoisotopic (exact) mass is 413 g/mol. The van der Waals surface area contributed by atoms with E-state index in [9.17, 15) is 13.2 Å². The molecule has 0 bridgehead atoms. The molecule has 0 aliphatic rings. The molecule has 0 aliphatic heterocycles. The number of nitrogens with one attached hydrogen (secondary N) is 1. The average molecular weight is 414 g/mol. The van der Waals surface area contributed by atoms with Crippen molar-refractivity contribution in [3.63, 3.8) is 0 Å². The highest BCUT2D eigenvalue weighted by molar-refractivity contribution is 8.00. The summed E-state index contributed by atoms with van der Waals surface area (Å²) in [6, 6.07) is 8.37. The van der Waals surface area contributed by atoms with Crippen LogP contribution in [0.1, 0.15) is 12.5 Å². The molecule has 0 saturated carbocycles. The molecule has 0 radical (unpaired) electrons. The minimum atomic E-state index is -3.52. The number of aryl methyl sites for hydroxylation is 1. The molecule has 140 valence electrons. The largest absolute Gasteiger partial charge is 0.325 e. The maximum atomic E-state index is 12.4. The van der Waals surface area contributed by atoms with Crippen LogP contribution in [-0.4, -0.2) is 43.0 Å². The molecule has 1 heterocycles. The fourth-order valence-corrected chi connectivity index (χ4v) is 3.81. The summed E-state index contributed by atoms with van der Waals surface area (Å²) < 4.78 is 25.2. The Hall–Kier alpha value is -1.61. The predicted molar refractivity (Wildman–Crippen MR) is 105 cm³/mol. The number of nitrogens with zero attached hydrogens (tertiary/aromatic N) is 2. The summed E-state index contributed by atoms with van der Waals surface area (Å²) in [7, 11) is -0.597. The molecule has 0 aliphatic carbocycles. The molecule has 1 amide bonds. The van der Waals surface area contributed by atoms with E-state index in [2.05, 4.69) is 10.3 Å². The highest BCUT2D eigenvalue weighted by Gasteiger charge is 2.19. The number of aromatic nitrogens is 1. The van der Waals surface area contributed by atoms with E-state index >= 15 is 0 Å². The van der Waals surface area contributed by atoms with Crippen LogP contribution in [-0.2, 0) is 14.8 Å². The zero-order valence-corrected chi connectivity index (χ0v) is 17.2. The van der Waals surface area contributed by atoms with Gasteiger partial charge >= 0.3 is 0 Å². The summed E-state index contributed by atoms with van der Waals surface area (Å²) in [5, 5.41) is 3.54. The number of pyridine rings is 1. The molecule has 1 N–H and O–H groups in total. The number of anilines is 1. The van der Waals surface area contributed by atoms with E-state index in [-0.39, 0.29) is 10.8 Å². The number of hydrogen-bond acceptors (Lipinski definition) is 5. The Kier molecular flexibility index (Phi) is 6.68. The quantitative estimate of drug-likeness (QED) is 0.734. The molecular formula is C17H20ClN3O3S2. The lowest BCUT2D eigenvalue weighted by molar-refractivity contribution is -0.115. The zero-order valence-electron chi connectivity index (χ0n) is 14.9. The fourth-order valence-electron chi connectivity index (χ4n) is 2.00. The van der Waals surface area contributed by atoms with Gasteiger partial charge < -0.3 is 5.32 Å². The third kappa shape index (κ3) is 4.97. The van der Waals surface area contributed by atoms with Crippen LogP contribution < -0.4 is 5.32 Å². The SMILES string of the molecule is Cc1ccc(Cl)cc1NC(=O)C(C)Sc1ccc(S(=O)(=O)N(C)C)cn1. The first-order chi connectivity index (χ1) is 12.1. The lowest BCUT2D eigenvalue weighted by Gasteiger charge is -2.14. The lowest BCUT2D eigenvalue weighted by Crippen LogP contribution is -2.23. The van der Waals surface area contributed by atoms with E-state index in [1.807, 2.05) is 13.0 Å². The van der Waals surface area contributed by atoms with E-state index in [0.717, 1.165) is 9.87 Å². The smallest absolute Gasteiger partial charge is 0.244 e. The van der Waals surface area contributed by atoms with Crippen molar-refractivity contribution in [2.24, 2.45) is 0 Å². The molecule has 0 saturated heterocycles. The van der Waals surface area contributed by atoms with Crippen LogP contribution in [0.15, 0.2) is 46.5 Å². The van der Waals surface area contributed by atoms with Crippen molar-refractivity contribution < 1.29 is 13.2 Å². The van der Waals surface area contributed by atoms with Gasteiger partial charge in [-0.2, -0.15) is 0 Å². The summed E-state index contributed by atoms with van der Waals surface area (Å²) in [4.78, 5) is 16.6. The Morgan fingerprint density at radius 1 is 1.27 bits per heavy atom. The molecule has 0 spiro atoms. The van der Waals surface area contributed by atoms with E-state index in [1.54, 1.807) is 25.1 Å². The first-order valence-corrected chi connectivity index (χ1v) is 10.4. The number of halogens is 1. The fraction of sp³-hybridized carbons (Fsp3) is 0.294. The van der Waals surface area contributed by atoms with Crippen molar-refractivity contribution in [3.8, 4) is 0 Å². The van der Waals surface area contributed by atoms with Crippen LogP contribution >= 0.6 is 23.4 Å². The Morgan fingerprint density at radius 3 is 2.54 bits per heavy atom. The Bertz CT molecular complexity index is 900. The van der Waals surface area contributed by atoms with Gasteiger partial charge in [0.1, 0.15) is 4.90 Å². The van der Waals surface area contributed by atoms with Crippen LogP contribution in [0.25, 0.3) is 0 Å². The van der Waals surface area contributed by atoms with Crippen molar-refractivity contribution in [1.82, 2.24) is 9.29 Å². The first-order valence-electron chi connectivity index (χ1n) is 7.73. The second-order valence-corrected chi connectivity index (χ2v) is 9.78. The second kappa shape index (κ2) is 8.39. The van der Waals surface area contributed by atoms with Gasteiger partial charge in [0.2, 0.25) is 15.9 Å². The van der Waals surface area contributed by atoms with E-state index in [4.69, 9.17) is 11.6 Å². The minimum Gasteiger partial charge on any atom is -0.325 e. The van der Waals surface area contributed by atoms with Gasteiger partial charge in [-0.25, -0.2) is 17.7 Å². The van der Waals surface area contributed by atoms with E-state index in [1.165, 1.54) is 38.1 Å². The van der Waals surface area contributed by atoms with Gasteiger partial charge in [0.25, 0.3) is 0 Å². The highest BCUT2D eigenvalue weighted by Crippen LogP contribution is 2.25. The van der Waals surface area contributed by atoms with Gasteiger partial charge in [0.15, 0.2) is 0 Å². The van der Waals surface area contributed by atoms with Crippen molar-refractivity contribution in [2.45, 2.75) is 29.0 Å². The second-order valence-electron chi connectivity index (χ2n) is 5.83. The minimum absolute atomic E-state index is 0.110. The van der Waals surface area contributed by atoms with E-state index in [0.29, 0.717) is 15.7 Å². The summed E-state index contributed by atoms with van der Waals surface area (Å²) >= 11 is 7.21. The maximum Gasteiger partial charge on any atom is 0.244 e. The van der Waals surface area contributed by atoms with Gasteiger partial charge in [-0.05, 0) is 43.7 Å². The van der Waals surface area contributed by atoms with Crippen molar-refractivity contribution in [3.05, 3.63) is 47.1 Å². The van der Waals surface area contributed by atoms with Crippen LogP contribution in [0.4, 0.5) is 5.69 Å². The number of thioether (sulfide) groups is 1. The summed E-state index contributed by atoms with van der Waals surface area (Å²) in [6.45, 7) is 3.64. The summed E-state index contributed by atoms with van der Waals surface area (Å²) in [5.74, 6) is -0.188. The molecular weight excluding hydrogens is 394 g/mol. The molecule has 2 rings (SSSR count). The summed E-state index contributed by atoms with van der Waals surface area (Å²) in [6.07, 6.45) is 1.30. The van der Waals surface area contributed by atoms with Crippen LogP contribution in [0.5, 0.6) is 0 Å².